The molecule has 10 heteroatoms. The Morgan fingerprint density at radius 1 is 1.42 bits per heavy atom. The van der Waals surface area contributed by atoms with Crippen LogP contribution in [0, 0.1) is 10.1 Å². The molecule has 0 aliphatic rings. The molecule has 0 amide bonds. The van der Waals surface area contributed by atoms with Gasteiger partial charge in [0.1, 0.15) is 10.8 Å². The minimum absolute atomic E-state index is 0.0904. The molecule has 0 spiro atoms. The summed E-state index contributed by atoms with van der Waals surface area (Å²) < 4.78 is 0.649. The van der Waals surface area contributed by atoms with Crippen molar-refractivity contribution in [3.8, 4) is 0 Å². The van der Waals surface area contributed by atoms with Gasteiger partial charge in [-0.2, -0.15) is 0 Å². The van der Waals surface area contributed by atoms with E-state index in [2.05, 4.69) is 15.2 Å². The topological polar surface area (TPSA) is 111 Å². The van der Waals surface area contributed by atoms with Crippen LogP contribution in [0.3, 0.4) is 0 Å². The predicted molar refractivity (Wildman–Crippen MR) is 73.7 cm³/mol. The first kappa shape index (κ1) is 13.5. The number of hydrogen-bond acceptors (Lipinski definition) is 9. The van der Waals surface area contributed by atoms with Gasteiger partial charge in [-0.25, -0.2) is 4.98 Å². The quantitative estimate of drug-likeness (QED) is 0.669. The Bertz CT molecular complexity index is 615. The van der Waals surface area contributed by atoms with Crippen LogP contribution in [0.4, 0.5) is 16.6 Å². The summed E-state index contributed by atoms with van der Waals surface area (Å²) in [5.41, 5.74) is 5.44. The van der Waals surface area contributed by atoms with Gasteiger partial charge in [0.25, 0.3) is 5.69 Å². The zero-order chi connectivity index (χ0) is 14.0. The maximum absolute atomic E-state index is 10.7. The molecule has 100 valence electrons. The Hall–Kier alpha value is -1.94. The van der Waals surface area contributed by atoms with E-state index in [0.717, 1.165) is 5.13 Å². The lowest BCUT2D eigenvalue weighted by molar-refractivity contribution is -0.385. The fourth-order valence-electron chi connectivity index (χ4n) is 1.18. The van der Waals surface area contributed by atoms with Crippen LogP contribution in [0.5, 0.6) is 0 Å². The normalized spacial score (nSPS) is 10.4. The molecular formula is C9H10N6O2S2. The van der Waals surface area contributed by atoms with Crippen molar-refractivity contribution in [1.82, 2.24) is 15.2 Å². The van der Waals surface area contributed by atoms with Crippen molar-refractivity contribution in [2.45, 2.75) is 9.37 Å². The fourth-order valence-corrected chi connectivity index (χ4v) is 2.92. The Kier molecular flexibility index (Phi) is 3.81. The Balaban J connectivity index is 2.24. The average molecular weight is 298 g/mol. The third-order valence-electron chi connectivity index (χ3n) is 1.99. The molecule has 2 N–H and O–H groups in total. The van der Waals surface area contributed by atoms with E-state index in [1.54, 1.807) is 0 Å². The highest BCUT2D eigenvalue weighted by atomic mass is 32.2. The van der Waals surface area contributed by atoms with Crippen LogP contribution >= 0.6 is 23.1 Å². The second-order valence-electron chi connectivity index (χ2n) is 3.69. The minimum atomic E-state index is -0.506. The first-order valence-corrected chi connectivity index (χ1v) is 6.69. The number of hydrogen-bond donors (Lipinski definition) is 1. The van der Waals surface area contributed by atoms with E-state index in [-0.39, 0.29) is 11.5 Å². The molecule has 19 heavy (non-hydrogen) atoms. The molecule has 2 heterocycles. The van der Waals surface area contributed by atoms with E-state index in [0.29, 0.717) is 9.37 Å². The smallest absolute Gasteiger partial charge is 0.275 e. The molecule has 0 aliphatic carbocycles. The lowest BCUT2D eigenvalue weighted by Gasteiger charge is -2.03. The van der Waals surface area contributed by atoms with Crippen molar-refractivity contribution in [1.29, 1.82) is 0 Å². The monoisotopic (exact) mass is 298 g/mol. The van der Waals surface area contributed by atoms with E-state index in [1.807, 2.05) is 19.0 Å². The Labute approximate surface area is 116 Å². The van der Waals surface area contributed by atoms with Gasteiger partial charge in [0.2, 0.25) is 5.13 Å². The Morgan fingerprint density at radius 3 is 2.74 bits per heavy atom. The first-order valence-electron chi connectivity index (χ1n) is 5.06. The molecule has 2 aromatic heterocycles. The van der Waals surface area contributed by atoms with E-state index < -0.39 is 4.92 Å². The van der Waals surface area contributed by atoms with Crippen LogP contribution in [-0.2, 0) is 0 Å². The standard InChI is InChI=1S/C9H10N6O2S2/c1-14(2)8-12-13-9(19-8)18-7-4-5(15(16)17)3-6(10)11-7/h3-4H,1-2H3,(H2,10,11). The number of rotatable bonds is 4. The van der Waals surface area contributed by atoms with Gasteiger partial charge in [-0.1, -0.05) is 11.3 Å². The summed E-state index contributed by atoms with van der Waals surface area (Å²) in [5, 5.41) is 19.9. The van der Waals surface area contributed by atoms with Gasteiger partial charge < -0.3 is 10.6 Å². The van der Waals surface area contributed by atoms with Gasteiger partial charge in [-0.15, -0.1) is 10.2 Å². The van der Waals surface area contributed by atoms with E-state index >= 15 is 0 Å². The molecule has 0 bridgehead atoms. The minimum Gasteiger partial charge on any atom is -0.383 e. The highest BCUT2D eigenvalue weighted by molar-refractivity contribution is 8.01. The van der Waals surface area contributed by atoms with E-state index in [1.165, 1.54) is 35.2 Å². The molecule has 2 rings (SSSR count). The summed E-state index contributed by atoms with van der Waals surface area (Å²) in [5.74, 6) is 0.106. The molecule has 0 aliphatic heterocycles. The molecule has 0 radical (unpaired) electrons. The van der Waals surface area contributed by atoms with Crippen LogP contribution in [0.1, 0.15) is 0 Å². The third kappa shape index (κ3) is 3.29. The summed E-state index contributed by atoms with van der Waals surface area (Å²) in [7, 11) is 3.72. The second kappa shape index (κ2) is 5.36. The Morgan fingerprint density at radius 2 is 2.16 bits per heavy atom. The van der Waals surface area contributed by atoms with Crippen molar-refractivity contribution >= 4 is 39.7 Å². The highest BCUT2D eigenvalue weighted by Crippen LogP contribution is 2.33. The zero-order valence-electron chi connectivity index (χ0n) is 10.1. The molecule has 2 aromatic rings. The summed E-state index contributed by atoms with van der Waals surface area (Å²) >= 11 is 2.57. The molecule has 0 fully saturated rings. The van der Waals surface area contributed by atoms with Gasteiger partial charge in [0.05, 0.1) is 11.0 Å². The second-order valence-corrected chi connectivity index (χ2v) is 5.92. The lowest BCUT2D eigenvalue weighted by Crippen LogP contribution is -2.07. The molecule has 0 aromatic carbocycles. The van der Waals surface area contributed by atoms with Gasteiger partial charge in [0.15, 0.2) is 4.34 Å². The number of nitrogen functional groups attached to an aromatic ring is 1. The number of aromatic nitrogens is 3. The molecule has 0 saturated heterocycles. The van der Waals surface area contributed by atoms with Crippen molar-refractivity contribution in [2.75, 3.05) is 24.7 Å². The first-order chi connectivity index (χ1) is 8.95. The summed E-state index contributed by atoms with van der Waals surface area (Å²) in [6.07, 6.45) is 0. The van der Waals surface area contributed by atoms with Gasteiger partial charge >= 0.3 is 0 Å². The van der Waals surface area contributed by atoms with Crippen LogP contribution in [-0.4, -0.2) is 34.2 Å². The maximum atomic E-state index is 10.7. The van der Waals surface area contributed by atoms with Crippen molar-refractivity contribution in [2.24, 2.45) is 0 Å². The molecule has 0 saturated carbocycles. The average Bonchev–Trinajstić information content (AvgIpc) is 2.76. The summed E-state index contributed by atoms with van der Waals surface area (Å²) in [6, 6.07) is 2.58. The van der Waals surface area contributed by atoms with Crippen LogP contribution in [0.2, 0.25) is 0 Å². The number of nitrogens with zero attached hydrogens (tertiary/aromatic N) is 5. The zero-order valence-corrected chi connectivity index (χ0v) is 11.7. The summed E-state index contributed by atoms with van der Waals surface area (Å²) in [6.45, 7) is 0. The van der Waals surface area contributed by atoms with Crippen LogP contribution in [0.15, 0.2) is 21.5 Å². The highest BCUT2D eigenvalue weighted by Gasteiger charge is 2.13. The lowest BCUT2D eigenvalue weighted by atomic mass is 10.4. The predicted octanol–water partition coefficient (Wildman–Crippen LogP) is 1.64. The van der Waals surface area contributed by atoms with Crippen LogP contribution in [0.25, 0.3) is 0 Å². The SMILES string of the molecule is CN(C)c1nnc(Sc2cc([N+](=O)[O-])cc(N)n2)s1. The van der Waals surface area contributed by atoms with Crippen molar-refractivity contribution in [3.05, 3.63) is 22.2 Å². The van der Waals surface area contributed by atoms with E-state index in [4.69, 9.17) is 5.73 Å². The van der Waals surface area contributed by atoms with Crippen LogP contribution < -0.4 is 10.6 Å². The fraction of sp³-hybridized carbons (Fsp3) is 0.222. The van der Waals surface area contributed by atoms with E-state index in [9.17, 15) is 10.1 Å². The number of nitrogens with two attached hydrogens (primary N) is 1. The molecule has 0 atom stereocenters. The number of nitro groups is 1. The van der Waals surface area contributed by atoms with Gasteiger partial charge in [0, 0.05) is 20.2 Å². The molecule has 0 unspecified atom stereocenters. The van der Waals surface area contributed by atoms with Crippen molar-refractivity contribution in [3.63, 3.8) is 0 Å². The largest absolute Gasteiger partial charge is 0.383 e. The maximum Gasteiger partial charge on any atom is 0.275 e. The van der Waals surface area contributed by atoms with Gasteiger partial charge in [-0.05, 0) is 11.8 Å². The summed E-state index contributed by atoms with van der Waals surface area (Å²) in [4.78, 5) is 16.1. The van der Waals surface area contributed by atoms with Gasteiger partial charge in [-0.3, -0.25) is 10.1 Å². The molecular weight excluding hydrogens is 288 g/mol. The molecule has 8 nitrogen and oxygen atoms in total. The third-order valence-corrected chi connectivity index (χ3v) is 4.05. The number of anilines is 2. The van der Waals surface area contributed by atoms with Crippen molar-refractivity contribution < 1.29 is 4.92 Å². The number of pyridine rings is 1.